The van der Waals surface area contributed by atoms with Crippen molar-refractivity contribution in [3.8, 4) is 0 Å². The molecule has 2 nitrogen and oxygen atoms in total. The molecule has 0 bridgehead atoms. The minimum Gasteiger partial charge on any atom is -0.310 e. The quantitative estimate of drug-likeness (QED) is 0.780. The lowest BCUT2D eigenvalue weighted by Gasteiger charge is -2.23. The predicted octanol–water partition coefficient (Wildman–Crippen LogP) is 3.20. The number of nitrogens with zero attached hydrogens (tertiary/aromatic N) is 1. The predicted molar refractivity (Wildman–Crippen MR) is 67.7 cm³/mol. The number of aryl methyl sites for hydroxylation is 1. The number of hydrogen-bond acceptors (Lipinski definition) is 3. The van der Waals surface area contributed by atoms with Crippen LogP contribution >= 0.6 is 22.9 Å². The van der Waals surface area contributed by atoms with Gasteiger partial charge < -0.3 is 5.32 Å². The normalized spacial score (nSPS) is 12.0. The number of thiazole rings is 1. The van der Waals surface area contributed by atoms with E-state index in [2.05, 4.69) is 29.5 Å². The second-order valence-electron chi connectivity index (χ2n) is 4.59. The first-order valence-corrected chi connectivity index (χ1v) is 6.62. The summed E-state index contributed by atoms with van der Waals surface area (Å²) >= 11 is 7.46. The van der Waals surface area contributed by atoms with E-state index in [9.17, 15) is 0 Å². The molecule has 0 aliphatic carbocycles. The van der Waals surface area contributed by atoms with Crippen LogP contribution in [0.25, 0.3) is 0 Å². The highest BCUT2D eigenvalue weighted by atomic mass is 35.5. The summed E-state index contributed by atoms with van der Waals surface area (Å²) in [4.78, 5) is 4.41. The third kappa shape index (κ3) is 4.96. The molecule has 1 rings (SSSR count). The second-order valence-corrected chi connectivity index (χ2v) is 5.91. The summed E-state index contributed by atoms with van der Waals surface area (Å²) in [5.41, 5.74) is 1.38. The standard InChI is InChI=1S/C11H19ClN2S/c1-9-7-15-10(14-9)6-13-8-11(2,3)4-5-12/h7,13H,4-6,8H2,1-3H3. The van der Waals surface area contributed by atoms with Crippen LogP contribution < -0.4 is 5.32 Å². The molecule has 0 fully saturated rings. The molecule has 0 aliphatic rings. The molecule has 4 heteroatoms. The Labute approximate surface area is 101 Å². The highest BCUT2D eigenvalue weighted by molar-refractivity contribution is 7.09. The van der Waals surface area contributed by atoms with Gasteiger partial charge in [-0.25, -0.2) is 4.98 Å². The van der Waals surface area contributed by atoms with Crippen LogP contribution in [0.5, 0.6) is 0 Å². The third-order valence-electron chi connectivity index (χ3n) is 2.32. The van der Waals surface area contributed by atoms with Crippen LogP contribution in [0, 0.1) is 12.3 Å². The van der Waals surface area contributed by atoms with Gasteiger partial charge in [0.2, 0.25) is 0 Å². The van der Waals surface area contributed by atoms with Crippen LogP contribution in [0.1, 0.15) is 31.0 Å². The van der Waals surface area contributed by atoms with Gasteiger partial charge in [-0.3, -0.25) is 0 Å². The van der Waals surface area contributed by atoms with E-state index in [1.54, 1.807) is 11.3 Å². The first kappa shape index (κ1) is 12.9. The van der Waals surface area contributed by atoms with Crippen molar-refractivity contribution in [3.05, 3.63) is 16.1 Å². The van der Waals surface area contributed by atoms with Crippen molar-refractivity contribution in [2.45, 2.75) is 33.7 Å². The Morgan fingerprint density at radius 1 is 1.53 bits per heavy atom. The zero-order valence-electron chi connectivity index (χ0n) is 9.64. The minimum atomic E-state index is 0.272. The van der Waals surface area contributed by atoms with Crippen LogP contribution in [0.4, 0.5) is 0 Å². The van der Waals surface area contributed by atoms with Crippen LogP contribution in [0.2, 0.25) is 0 Å². The fourth-order valence-corrected chi connectivity index (χ4v) is 2.59. The first-order chi connectivity index (χ1) is 7.03. The van der Waals surface area contributed by atoms with Crippen molar-refractivity contribution in [3.63, 3.8) is 0 Å². The summed E-state index contributed by atoms with van der Waals surface area (Å²) in [7, 11) is 0. The van der Waals surface area contributed by atoms with Gasteiger partial charge in [-0.05, 0) is 18.8 Å². The molecular weight excluding hydrogens is 228 g/mol. The van der Waals surface area contributed by atoms with Crippen molar-refractivity contribution < 1.29 is 0 Å². The SMILES string of the molecule is Cc1csc(CNCC(C)(C)CCCl)n1. The molecule has 1 heterocycles. The largest absolute Gasteiger partial charge is 0.310 e. The first-order valence-electron chi connectivity index (χ1n) is 5.21. The summed E-state index contributed by atoms with van der Waals surface area (Å²) in [5.74, 6) is 0.727. The van der Waals surface area contributed by atoms with Crippen LogP contribution in [-0.2, 0) is 6.54 Å². The van der Waals surface area contributed by atoms with Gasteiger partial charge >= 0.3 is 0 Å². The Morgan fingerprint density at radius 3 is 2.80 bits per heavy atom. The maximum absolute atomic E-state index is 5.75. The molecule has 1 N–H and O–H groups in total. The van der Waals surface area contributed by atoms with Gasteiger partial charge in [0.25, 0.3) is 0 Å². The van der Waals surface area contributed by atoms with Gasteiger partial charge in [-0.2, -0.15) is 0 Å². The van der Waals surface area contributed by atoms with Crippen LogP contribution in [0.3, 0.4) is 0 Å². The highest BCUT2D eigenvalue weighted by Gasteiger charge is 2.16. The maximum Gasteiger partial charge on any atom is 0.107 e. The smallest absolute Gasteiger partial charge is 0.107 e. The topological polar surface area (TPSA) is 24.9 Å². The van der Waals surface area contributed by atoms with E-state index in [0.29, 0.717) is 0 Å². The van der Waals surface area contributed by atoms with Gasteiger partial charge in [-0.15, -0.1) is 22.9 Å². The Morgan fingerprint density at radius 2 is 2.27 bits per heavy atom. The van der Waals surface area contributed by atoms with Gasteiger partial charge in [0.05, 0.1) is 0 Å². The van der Waals surface area contributed by atoms with Gasteiger partial charge in [0.15, 0.2) is 0 Å². The van der Waals surface area contributed by atoms with Crippen molar-refractivity contribution in [2.24, 2.45) is 5.41 Å². The zero-order valence-corrected chi connectivity index (χ0v) is 11.2. The number of hydrogen-bond donors (Lipinski definition) is 1. The number of aromatic nitrogens is 1. The molecule has 0 radical (unpaired) electrons. The van der Waals surface area contributed by atoms with Crippen LogP contribution in [0.15, 0.2) is 5.38 Å². The Kier molecular flexibility index (Phi) is 5.03. The van der Waals surface area contributed by atoms with Crippen molar-refractivity contribution in [2.75, 3.05) is 12.4 Å². The van der Waals surface area contributed by atoms with Crippen molar-refractivity contribution in [1.29, 1.82) is 0 Å². The summed E-state index contributed by atoms with van der Waals surface area (Å²) in [6, 6.07) is 0. The summed E-state index contributed by atoms with van der Waals surface area (Å²) in [6.07, 6.45) is 1.04. The van der Waals surface area contributed by atoms with E-state index in [1.807, 2.05) is 6.92 Å². The van der Waals surface area contributed by atoms with E-state index < -0.39 is 0 Å². The molecule has 0 aliphatic heterocycles. The Hall–Kier alpha value is -0.120. The molecule has 1 aromatic heterocycles. The summed E-state index contributed by atoms with van der Waals surface area (Å²) < 4.78 is 0. The highest BCUT2D eigenvalue weighted by Crippen LogP contribution is 2.19. The van der Waals surface area contributed by atoms with E-state index >= 15 is 0 Å². The molecule has 0 spiro atoms. The fraction of sp³-hybridized carbons (Fsp3) is 0.727. The molecule has 86 valence electrons. The number of alkyl halides is 1. The lowest BCUT2D eigenvalue weighted by molar-refractivity contribution is 0.329. The van der Waals surface area contributed by atoms with Gasteiger partial charge in [-0.1, -0.05) is 13.8 Å². The van der Waals surface area contributed by atoms with E-state index in [-0.39, 0.29) is 5.41 Å². The summed E-state index contributed by atoms with van der Waals surface area (Å²) in [6.45, 7) is 8.34. The monoisotopic (exact) mass is 246 g/mol. The molecule has 0 aromatic carbocycles. The molecular formula is C11H19ClN2S. The molecule has 0 saturated carbocycles. The van der Waals surface area contributed by atoms with E-state index in [4.69, 9.17) is 11.6 Å². The molecule has 0 unspecified atom stereocenters. The maximum atomic E-state index is 5.75. The summed E-state index contributed by atoms with van der Waals surface area (Å²) in [5, 5.41) is 6.67. The lowest BCUT2D eigenvalue weighted by Crippen LogP contribution is -2.29. The lowest BCUT2D eigenvalue weighted by atomic mass is 9.90. The average molecular weight is 247 g/mol. The fourth-order valence-electron chi connectivity index (χ4n) is 1.34. The second kappa shape index (κ2) is 5.83. The molecule has 1 aromatic rings. The Bertz CT molecular complexity index is 297. The van der Waals surface area contributed by atoms with Gasteiger partial charge in [0.1, 0.15) is 5.01 Å². The average Bonchev–Trinajstić information content (AvgIpc) is 2.51. The van der Waals surface area contributed by atoms with Crippen molar-refractivity contribution in [1.82, 2.24) is 10.3 Å². The van der Waals surface area contributed by atoms with Crippen LogP contribution in [-0.4, -0.2) is 17.4 Å². The molecule has 0 saturated heterocycles. The number of nitrogens with one attached hydrogen (secondary N) is 1. The third-order valence-corrected chi connectivity index (χ3v) is 3.47. The number of rotatable bonds is 6. The molecule has 0 amide bonds. The zero-order chi connectivity index (χ0) is 11.3. The van der Waals surface area contributed by atoms with E-state index in [1.165, 1.54) is 0 Å². The minimum absolute atomic E-state index is 0.272. The molecule has 0 atom stereocenters. The molecule has 15 heavy (non-hydrogen) atoms. The van der Waals surface area contributed by atoms with Crippen molar-refractivity contribution >= 4 is 22.9 Å². The van der Waals surface area contributed by atoms with E-state index in [0.717, 1.165) is 36.1 Å². The number of halogens is 1. The van der Waals surface area contributed by atoms with Gasteiger partial charge in [0, 0.05) is 30.0 Å². The Balaban J connectivity index is 2.27.